The van der Waals surface area contributed by atoms with Gasteiger partial charge in [-0.25, -0.2) is 8.78 Å². The van der Waals surface area contributed by atoms with Crippen LogP contribution in [0.1, 0.15) is 21.4 Å². The number of thiophene rings is 1. The van der Waals surface area contributed by atoms with Crippen molar-refractivity contribution in [1.82, 2.24) is 0 Å². The zero-order valence-corrected chi connectivity index (χ0v) is 10.1. The summed E-state index contributed by atoms with van der Waals surface area (Å²) in [4.78, 5) is 1.89. The lowest BCUT2D eigenvalue weighted by Gasteiger charge is -2.09. The first-order valence-electron chi connectivity index (χ1n) is 5.24. The van der Waals surface area contributed by atoms with Gasteiger partial charge in [-0.1, -0.05) is 6.07 Å². The maximum absolute atomic E-state index is 13.4. The molecule has 2 aromatic rings. The van der Waals surface area contributed by atoms with E-state index in [1.165, 1.54) is 23.5 Å². The summed E-state index contributed by atoms with van der Waals surface area (Å²) in [6.45, 7) is 1.94. The van der Waals surface area contributed by atoms with Crippen LogP contribution in [0.15, 0.2) is 30.3 Å². The van der Waals surface area contributed by atoms with Crippen LogP contribution in [0.4, 0.5) is 8.78 Å². The molecular formula is C13H12F2OS. The highest BCUT2D eigenvalue weighted by atomic mass is 32.1. The Hall–Kier alpha value is -1.26. The van der Waals surface area contributed by atoms with E-state index < -0.39 is 17.7 Å². The Morgan fingerprint density at radius 1 is 1.24 bits per heavy atom. The van der Waals surface area contributed by atoms with Gasteiger partial charge >= 0.3 is 0 Å². The zero-order chi connectivity index (χ0) is 12.4. The first kappa shape index (κ1) is 12.2. The fourth-order valence-corrected chi connectivity index (χ4v) is 2.49. The highest BCUT2D eigenvalue weighted by Gasteiger charge is 2.13. The van der Waals surface area contributed by atoms with Gasteiger partial charge in [0, 0.05) is 22.2 Å². The highest BCUT2D eigenvalue weighted by molar-refractivity contribution is 7.12. The summed E-state index contributed by atoms with van der Waals surface area (Å²) in [7, 11) is 0. The van der Waals surface area contributed by atoms with E-state index in [0.29, 0.717) is 5.56 Å². The second-order valence-corrected chi connectivity index (χ2v) is 5.22. The summed E-state index contributed by atoms with van der Waals surface area (Å²) in [6, 6.07) is 7.14. The van der Waals surface area contributed by atoms with Crippen molar-refractivity contribution in [1.29, 1.82) is 0 Å². The van der Waals surface area contributed by atoms with Gasteiger partial charge in [0.2, 0.25) is 0 Å². The maximum Gasteiger partial charge on any atom is 0.129 e. The van der Waals surface area contributed by atoms with Gasteiger partial charge in [-0.2, -0.15) is 0 Å². The van der Waals surface area contributed by atoms with E-state index >= 15 is 0 Å². The van der Waals surface area contributed by atoms with Crippen LogP contribution in [0.5, 0.6) is 0 Å². The fourth-order valence-electron chi connectivity index (χ4n) is 1.63. The Morgan fingerprint density at radius 3 is 2.59 bits per heavy atom. The van der Waals surface area contributed by atoms with E-state index in [4.69, 9.17) is 0 Å². The van der Waals surface area contributed by atoms with Gasteiger partial charge in [-0.15, -0.1) is 11.3 Å². The zero-order valence-electron chi connectivity index (χ0n) is 9.28. The van der Waals surface area contributed by atoms with E-state index in [-0.39, 0.29) is 6.42 Å². The van der Waals surface area contributed by atoms with Crippen molar-refractivity contribution in [3.8, 4) is 0 Å². The third kappa shape index (κ3) is 2.90. The molecule has 1 nitrogen and oxygen atoms in total. The van der Waals surface area contributed by atoms with Gasteiger partial charge < -0.3 is 5.11 Å². The number of rotatable bonds is 3. The molecule has 1 heterocycles. The third-order valence-electron chi connectivity index (χ3n) is 2.52. The molecule has 0 aliphatic carbocycles. The number of halogens is 2. The van der Waals surface area contributed by atoms with Crippen LogP contribution in [-0.2, 0) is 6.42 Å². The molecule has 0 aliphatic rings. The van der Waals surface area contributed by atoms with Crippen molar-refractivity contribution in [2.45, 2.75) is 19.4 Å². The van der Waals surface area contributed by atoms with E-state index in [9.17, 15) is 13.9 Å². The minimum absolute atomic E-state index is 0.159. The number of aliphatic hydroxyl groups excluding tert-OH is 1. The minimum atomic E-state index is -0.742. The first-order valence-corrected chi connectivity index (χ1v) is 6.06. The van der Waals surface area contributed by atoms with Gasteiger partial charge in [0.05, 0.1) is 6.10 Å². The predicted molar refractivity (Wildman–Crippen MR) is 64.1 cm³/mol. The molecule has 0 aliphatic heterocycles. The summed E-state index contributed by atoms with van der Waals surface area (Å²) < 4.78 is 26.1. The quantitative estimate of drug-likeness (QED) is 0.887. The van der Waals surface area contributed by atoms with Crippen molar-refractivity contribution in [3.63, 3.8) is 0 Å². The monoisotopic (exact) mass is 254 g/mol. The lowest BCUT2D eigenvalue weighted by molar-refractivity contribution is 0.181. The van der Waals surface area contributed by atoms with Crippen molar-refractivity contribution >= 4 is 11.3 Å². The Morgan fingerprint density at radius 2 is 2.00 bits per heavy atom. The van der Waals surface area contributed by atoms with Gasteiger partial charge in [0.15, 0.2) is 0 Å². The summed E-state index contributed by atoms with van der Waals surface area (Å²) in [5.74, 6) is -1.22. The number of hydrogen-bond donors (Lipinski definition) is 1. The van der Waals surface area contributed by atoms with Crippen molar-refractivity contribution in [2.75, 3.05) is 0 Å². The Balaban J connectivity index is 2.15. The summed E-state index contributed by atoms with van der Waals surface area (Å²) in [5.41, 5.74) is 0.324. The van der Waals surface area contributed by atoms with E-state index in [1.807, 2.05) is 19.1 Å². The maximum atomic E-state index is 13.4. The van der Waals surface area contributed by atoms with Gasteiger partial charge in [0.1, 0.15) is 11.6 Å². The Bertz CT molecular complexity index is 522. The highest BCUT2D eigenvalue weighted by Crippen LogP contribution is 2.26. The van der Waals surface area contributed by atoms with Gasteiger partial charge in [-0.3, -0.25) is 0 Å². The van der Waals surface area contributed by atoms with Gasteiger partial charge in [-0.05, 0) is 30.7 Å². The summed E-state index contributed by atoms with van der Waals surface area (Å²) >= 11 is 1.48. The Kier molecular flexibility index (Phi) is 3.54. The summed E-state index contributed by atoms with van der Waals surface area (Å²) in [5, 5.41) is 9.93. The molecule has 17 heavy (non-hydrogen) atoms. The molecule has 2 rings (SSSR count). The second-order valence-electron chi connectivity index (χ2n) is 3.90. The van der Waals surface area contributed by atoms with Crippen molar-refractivity contribution in [2.24, 2.45) is 0 Å². The lowest BCUT2D eigenvalue weighted by atomic mass is 10.1. The molecule has 0 bridgehead atoms. The summed E-state index contributed by atoms with van der Waals surface area (Å²) in [6.07, 6.45) is -0.583. The molecule has 0 radical (unpaired) electrons. The van der Waals surface area contributed by atoms with Crippen LogP contribution in [0.3, 0.4) is 0 Å². The lowest BCUT2D eigenvalue weighted by Crippen LogP contribution is -2.02. The van der Waals surface area contributed by atoms with Crippen LogP contribution in [0.2, 0.25) is 0 Å². The van der Waals surface area contributed by atoms with E-state index in [2.05, 4.69) is 0 Å². The number of aryl methyl sites for hydroxylation is 1. The van der Waals surface area contributed by atoms with Crippen LogP contribution in [0, 0.1) is 18.6 Å². The molecule has 1 aromatic heterocycles. The predicted octanol–water partition coefficient (Wildman–Crippen LogP) is 3.61. The number of benzene rings is 1. The van der Waals surface area contributed by atoms with Crippen LogP contribution < -0.4 is 0 Å². The molecule has 1 aromatic carbocycles. The fraction of sp³-hybridized carbons (Fsp3) is 0.231. The molecule has 1 N–H and O–H groups in total. The molecule has 4 heteroatoms. The minimum Gasteiger partial charge on any atom is -0.387 e. The van der Waals surface area contributed by atoms with E-state index in [0.717, 1.165) is 15.8 Å². The second kappa shape index (κ2) is 4.94. The van der Waals surface area contributed by atoms with Crippen LogP contribution >= 0.6 is 11.3 Å². The SMILES string of the molecule is Cc1ccc(C(O)Cc2ccc(F)cc2F)s1. The Labute approximate surface area is 102 Å². The molecule has 1 unspecified atom stereocenters. The molecule has 0 amide bonds. The largest absolute Gasteiger partial charge is 0.387 e. The first-order chi connectivity index (χ1) is 8.06. The number of aliphatic hydroxyl groups is 1. The molecule has 0 fully saturated rings. The van der Waals surface area contributed by atoms with Crippen LogP contribution in [0.25, 0.3) is 0 Å². The molecule has 1 atom stereocenters. The third-order valence-corrected chi connectivity index (χ3v) is 3.62. The molecular weight excluding hydrogens is 242 g/mol. The topological polar surface area (TPSA) is 20.2 Å². The normalized spacial score (nSPS) is 12.7. The molecule has 0 saturated heterocycles. The average molecular weight is 254 g/mol. The van der Waals surface area contributed by atoms with E-state index in [1.54, 1.807) is 0 Å². The number of hydrogen-bond acceptors (Lipinski definition) is 2. The molecule has 0 saturated carbocycles. The molecule has 90 valence electrons. The van der Waals surface area contributed by atoms with Crippen LogP contribution in [-0.4, -0.2) is 5.11 Å². The smallest absolute Gasteiger partial charge is 0.129 e. The average Bonchev–Trinajstić information content (AvgIpc) is 2.69. The van der Waals surface area contributed by atoms with Gasteiger partial charge in [0.25, 0.3) is 0 Å². The van der Waals surface area contributed by atoms with Crippen molar-refractivity contribution in [3.05, 3.63) is 57.3 Å². The molecule has 0 spiro atoms. The standard InChI is InChI=1S/C13H12F2OS/c1-8-2-5-13(17-8)12(16)6-9-3-4-10(14)7-11(9)15/h2-5,7,12,16H,6H2,1H3. The van der Waals surface area contributed by atoms with Crippen molar-refractivity contribution < 1.29 is 13.9 Å².